The minimum absolute atomic E-state index is 0.281. The molecule has 2 aromatic rings. The largest absolute Gasteiger partial charge is 0.306 e. The predicted octanol–water partition coefficient (Wildman–Crippen LogP) is 3.79. The molecule has 0 saturated carbocycles. The molecule has 2 rings (SSSR count). The molecule has 1 heterocycles. The minimum Gasteiger partial charge on any atom is -0.306 e. The molecule has 1 atom stereocenters. The number of hydrogen-bond donors (Lipinski definition) is 1. The summed E-state index contributed by atoms with van der Waals surface area (Å²) in [7, 11) is 0. The van der Waals surface area contributed by atoms with Crippen molar-refractivity contribution in [3.63, 3.8) is 0 Å². The monoisotopic (exact) mass is 260 g/mol. The van der Waals surface area contributed by atoms with Gasteiger partial charge in [-0.2, -0.15) is 0 Å². The maximum atomic E-state index is 4.19. The van der Waals surface area contributed by atoms with Crippen LogP contribution in [0.15, 0.2) is 36.0 Å². The van der Waals surface area contributed by atoms with Gasteiger partial charge < -0.3 is 5.32 Å². The summed E-state index contributed by atoms with van der Waals surface area (Å²) in [6.45, 7) is 5.40. The molecule has 0 bridgehead atoms. The third kappa shape index (κ3) is 3.18. The Morgan fingerprint density at radius 2 is 2.00 bits per heavy atom. The molecular weight excluding hydrogens is 240 g/mol. The maximum Gasteiger partial charge on any atom is 0.0794 e. The van der Waals surface area contributed by atoms with Crippen molar-refractivity contribution in [3.8, 4) is 0 Å². The fourth-order valence-electron chi connectivity index (χ4n) is 1.99. The molecule has 1 aromatic heterocycles. The number of nitrogens with one attached hydrogen (secondary N) is 1. The first-order valence-electron chi connectivity index (χ1n) is 6.55. The lowest BCUT2D eigenvalue weighted by molar-refractivity contribution is 0.605. The van der Waals surface area contributed by atoms with Gasteiger partial charge in [0.05, 0.1) is 11.6 Å². The second-order valence-electron chi connectivity index (χ2n) is 4.39. The maximum absolute atomic E-state index is 4.19. The molecule has 0 aliphatic carbocycles. The van der Waals surface area contributed by atoms with Gasteiger partial charge in [-0.1, -0.05) is 38.1 Å². The van der Waals surface area contributed by atoms with Crippen LogP contribution < -0.4 is 5.32 Å². The zero-order valence-electron chi connectivity index (χ0n) is 11.0. The van der Waals surface area contributed by atoms with Crippen molar-refractivity contribution in [2.24, 2.45) is 0 Å². The Morgan fingerprint density at radius 1 is 1.22 bits per heavy atom. The van der Waals surface area contributed by atoms with Gasteiger partial charge in [-0.05, 0) is 30.5 Å². The van der Waals surface area contributed by atoms with Gasteiger partial charge >= 0.3 is 0 Å². The van der Waals surface area contributed by atoms with Gasteiger partial charge in [-0.3, -0.25) is 4.98 Å². The molecule has 96 valence electrons. The fourth-order valence-corrected chi connectivity index (χ4v) is 2.71. The zero-order chi connectivity index (χ0) is 12.8. The Hall–Kier alpha value is -1.19. The van der Waals surface area contributed by atoms with Crippen LogP contribution >= 0.6 is 11.3 Å². The van der Waals surface area contributed by atoms with E-state index in [1.165, 1.54) is 16.0 Å². The van der Waals surface area contributed by atoms with Gasteiger partial charge in [0.2, 0.25) is 0 Å². The average molecular weight is 260 g/mol. The van der Waals surface area contributed by atoms with E-state index in [2.05, 4.69) is 48.4 Å². The van der Waals surface area contributed by atoms with Crippen molar-refractivity contribution >= 4 is 11.3 Å². The Bertz CT molecular complexity index is 448. The van der Waals surface area contributed by atoms with Crippen LogP contribution in [0, 0.1) is 0 Å². The van der Waals surface area contributed by atoms with Crippen molar-refractivity contribution in [2.45, 2.75) is 32.7 Å². The van der Waals surface area contributed by atoms with Gasteiger partial charge in [-0.25, -0.2) is 0 Å². The molecule has 1 aromatic carbocycles. The van der Waals surface area contributed by atoms with Crippen molar-refractivity contribution in [1.29, 1.82) is 0 Å². The summed E-state index contributed by atoms with van der Waals surface area (Å²) in [5.74, 6) is 0. The van der Waals surface area contributed by atoms with Crippen LogP contribution in [0.2, 0.25) is 0 Å². The molecule has 18 heavy (non-hydrogen) atoms. The summed E-state index contributed by atoms with van der Waals surface area (Å²) in [5, 5.41) is 3.60. The van der Waals surface area contributed by atoms with Crippen LogP contribution in [0.5, 0.6) is 0 Å². The van der Waals surface area contributed by atoms with Gasteiger partial charge in [0, 0.05) is 11.1 Å². The fraction of sp³-hybridized carbons (Fsp3) is 0.400. The van der Waals surface area contributed by atoms with E-state index in [0.717, 1.165) is 19.4 Å². The molecule has 2 nitrogen and oxygen atoms in total. The second kappa shape index (κ2) is 6.66. The Kier molecular flexibility index (Phi) is 4.90. The highest BCUT2D eigenvalue weighted by Crippen LogP contribution is 2.25. The third-order valence-corrected chi connectivity index (χ3v) is 3.90. The molecule has 3 heteroatoms. The van der Waals surface area contributed by atoms with E-state index < -0.39 is 0 Å². The van der Waals surface area contributed by atoms with E-state index in [9.17, 15) is 0 Å². The van der Waals surface area contributed by atoms with Gasteiger partial charge in [-0.15, -0.1) is 11.3 Å². The number of thiazole rings is 1. The lowest BCUT2D eigenvalue weighted by Crippen LogP contribution is -2.22. The molecule has 0 aliphatic rings. The van der Waals surface area contributed by atoms with E-state index >= 15 is 0 Å². The van der Waals surface area contributed by atoms with E-state index in [0.29, 0.717) is 0 Å². The van der Waals surface area contributed by atoms with Gasteiger partial charge in [0.15, 0.2) is 0 Å². The number of hydrogen-bond acceptors (Lipinski definition) is 3. The van der Waals surface area contributed by atoms with Crippen LogP contribution in [0.1, 0.15) is 42.3 Å². The highest BCUT2D eigenvalue weighted by atomic mass is 32.1. The molecule has 0 amide bonds. The van der Waals surface area contributed by atoms with Crippen molar-refractivity contribution in [1.82, 2.24) is 10.3 Å². The normalized spacial score (nSPS) is 12.6. The Balaban J connectivity index is 2.21. The number of rotatable bonds is 6. The average Bonchev–Trinajstić information content (AvgIpc) is 2.94. The number of benzene rings is 1. The van der Waals surface area contributed by atoms with Crippen LogP contribution in [0.4, 0.5) is 0 Å². The lowest BCUT2D eigenvalue weighted by Gasteiger charge is -2.17. The molecule has 0 saturated heterocycles. The SMILES string of the molecule is CCCNC(c1ccc(CC)cc1)c1cncs1. The quantitative estimate of drug-likeness (QED) is 0.854. The first kappa shape index (κ1) is 13.2. The first-order valence-corrected chi connectivity index (χ1v) is 7.43. The lowest BCUT2D eigenvalue weighted by atomic mass is 10.0. The summed E-state index contributed by atoms with van der Waals surface area (Å²) in [6, 6.07) is 9.18. The number of nitrogens with zero attached hydrogens (tertiary/aromatic N) is 1. The molecule has 0 radical (unpaired) electrons. The minimum atomic E-state index is 0.281. The predicted molar refractivity (Wildman–Crippen MR) is 78.1 cm³/mol. The molecule has 0 spiro atoms. The van der Waals surface area contributed by atoms with E-state index in [1.807, 2.05) is 11.7 Å². The van der Waals surface area contributed by atoms with Crippen LogP contribution in [-0.4, -0.2) is 11.5 Å². The Morgan fingerprint density at radius 3 is 2.56 bits per heavy atom. The van der Waals surface area contributed by atoms with E-state index in [-0.39, 0.29) is 6.04 Å². The summed E-state index contributed by atoms with van der Waals surface area (Å²) in [5.41, 5.74) is 4.61. The zero-order valence-corrected chi connectivity index (χ0v) is 11.8. The van der Waals surface area contributed by atoms with Crippen molar-refractivity contribution in [3.05, 3.63) is 52.0 Å². The molecular formula is C15H20N2S. The Labute approximate surface area is 113 Å². The summed E-state index contributed by atoms with van der Waals surface area (Å²) >= 11 is 1.71. The smallest absolute Gasteiger partial charge is 0.0794 e. The van der Waals surface area contributed by atoms with Crippen LogP contribution in [-0.2, 0) is 6.42 Å². The summed E-state index contributed by atoms with van der Waals surface area (Å²) < 4.78 is 0. The van der Waals surface area contributed by atoms with E-state index in [1.54, 1.807) is 11.3 Å². The van der Waals surface area contributed by atoms with Gasteiger partial charge in [0.25, 0.3) is 0 Å². The molecule has 0 aliphatic heterocycles. The standard InChI is InChI=1S/C15H20N2S/c1-3-9-17-15(14-10-16-11-18-14)13-7-5-12(4-2)6-8-13/h5-8,10-11,15,17H,3-4,9H2,1-2H3. The second-order valence-corrected chi connectivity index (χ2v) is 5.30. The summed E-state index contributed by atoms with van der Waals surface area (Å²) in [6.07, 6.45) is 4.20. The number of aryl methyl sites for hydroxylation is 1. The first-order chi connectivity index (χ1) is 8.85. The van der Waals surface area contributed by atoms with Crippen molar-refractivity contribution in [2.75, 3.05) is 6.54 Å². The number of aromatic nitrogens is 1. The van der Waals surface area contributed by atoms with Crippen LogP contribution in [0.3, 0.4) is 0 Å². The van der Waals surface area contributed by atoms with Crippen LogP contribution in [0.25, 0.3) is 0 Å². The third-order valence-electron chi connectivity index (χ3n) is 3.06. The molecule has 1 N–H and O–H groups in total. The summed E-state index contributed by atoms with van der Waals surface area (Å²) in [4.78, 5) is 5.47. The molecule has 0 fully saturated rings. The van der Waals surface area contributed by atoms with Crippen molar-refractivity contribution < 1.29 is 0 Å². The topological polar surface area (TPSA) is 24.9 Å². The van der Waals surface area contributed by atoms with Gasteiger partial charge in [0.1, 0.15) is 0 Å². The molecule has 1 unspecified atom stereocenters. The van der Waals surface area contributed by atoms with E-state index in [4.69, 9.17) is 0 Å². The highest BCUT2D eigenvalue weighted by molar-refractivity contribution is 7.09. The highest BCUT2D eigenvalue weighted by Gasteiger charge is 2.14.